The Labute approximate surface area is 246 Å². The van der Waals surface area contributed by atoms with Crippen molar-refractivity contribution in [2.45, 2.75) is 13.1 Å². The molecule has 1 aliphatic rings. The number of carbonyl (C=O) groups is 1. The zero-order valence-electron chi connectivity index (χ0n) is 23.7. The van der Waals surface area contributed by atoms with Crippen molar-refractivity contribution in [2.75, 3.05) is 74.0 Å². The molecule has 2 aromatic carbocycles. The summed E-state index contributed by atoms with van der Waals surface area (Å²) in [7, 11) is 3.39. The minimum Gasteiger partial charge on any atom is -0.396 e. The van der Waals surface area contributed by atoms with Crippen LogP contribution in [0.15, 0.2) is 48.8 Å². The number of halogens is 3. The molecule has 0 radical (unpaired) electrons. The van der Waals surface area contributed by atoms with Gasteiger partial charge in [0.2, 0.25) is 0 Å². The first kappa shape index (κ1) is 31.1. The molecule has 1 aromatic heterocycles. The van der Waals surface area contributed by atoms with E-state index in [-0.39, 0.29) is 11.3 Å². The summed E-state index contributed by atoms with van der Waals surface area (Å²) in [6, 6.07) is 8.49. The van der Waals surface area contributed by atoms with E-state index in [4.69, 9.17) is 16.3 Å². The van der Waals surface area contributed by atoms with Gasteiger partial charge in [-0.15, -0.1) is 0 Å². The summed E-state index contributed by atoms with van der Waals surface area (Å²) < 4.78 is 46.6. The normalized spacial score (nSPS) is 14.6. The number of anilines is 4. The van der Waals surface area contributed by atoms with Crippen LogP contribution in [0.3, 0.4) is 0 Å². The number of thiazole rings is 1. The fraction of sp³-hybridized carbons (Fsp3) is 0.357. The molecule has 2 heterocycles. The predicted molar refractivity (Wildman–Crippen MR) is 162 cm³/mol. The third-order valence-electron chi connectivity index (χ3n) is 6.88. The number of aryl methyl sites for hydroxylation is 1. The Morgan fingerprint density at radius 1 is 1.19 bits per heavy atom. The molecule has 1 amide bonds. The Kier molecular flexibility index (Phi) is 9.93. The number of benzene rings is 2. The van der Waals surface area contributed by atoms with Gasteiger partial charge in [0.25, 0.3) is 5.91 Å². The summed E-state index contributed by atoms with van der Waals surface area (Å²) in [5, 5.41) is 7.58. The van der Waals surface area contributed by atoms with Crippen LogP contribution in [0.2, 0.25) is 0 Å². The smallest absolute Gasteiger partial charge is 0.396 e. The lowest BCUT2D eigenvalue weighted by molar-refractivity contribution is -0.137. The molecule has 4 rings (SSSR count). The number of hydrazine groups is 1. The Bertz CT molecular complexity index is 1420. The number of rotatable bonds is 10. The van der Waals surface area contributed by atoms with Crippen LogP contribution in [-0.4, -0.2) is 69.3 Å². The molecule has 226 valence electrons. The first-order valence-corrected chi connectivity index (χ1v) is 14.1. The zero-order chi connectivity index (χ0) is 30.4. The number of hydrogen-bond donors (Lipinski definition) is 4. The SMILES string of the molecule is CNc1ncc(/C(N)=C/N(N)c2cc(C(=O)Nc3cc(N4CCN(CCOC)CC4)cc(C(F)(F)F)c3)ccc2C)s1. The van der Waals surface area contributed by atoms with Gasteiger partial charge >= 0.3 is 6.18 Å². The molecule has 1 aliphatic heterocycles. The summed E-state index contributed by atoms with van der Waals surface area (Å²) in [6.07, 6.45) is -1.44. The number of ether oxygens (including phenoxy) is 1. The standard InChI is InChI=1S/C28H35F3N8O2S/c1-18-4-5-19(12-24(18)39(33)17-23(32)25-16-35-27(34-2)42-25)26(40)36-21-13-20(28(29,30)31)14-22(15-21)38-8-6-37(7-9-38)10-11-41-3/h4-5,12-17H,6-11,32-33H2,1-3H3,(H,34,35)(H,36,40)/b23-17-. The summed E-state index contributed by atoms with van der Waals surface area (Å²) in [4.78, 5) is 22.2. The van der Waals surface area contributed by atoms with Crippen LogP contribution in [0.5, 0.6) is 0 Å². The second kappa shape index (κ2) is 13.4. The number of methoxy groups -OCH3 is 1. The minimum absolute atomic E-state index is 0.0491. The molecule has 10 nitrogen and oxygen atoms in total. The van der Waals surface area contributed by atoms with Crippen molar-refractivity contribution in [3.05, 3.63) is 70.4 Å². The summed E-state index contributed by atoms with van der Waals surface area (Å²) in [5.74, 6) is 5.70. The van der Waals surface area contributed by atoms with Crippen LogP contribution in [0.1, 0.15) is 26.4 Å². The average Bonchev–Trinajstić information content (AvgIpc) is 3.45. The fourth-order valence-electron chi connectivity index (χ4n) is 4.52. The largest absolute Gasteiger partial charge is 0.416 e. The quantitative estimate of drug-likeness (QED) is 0.199. The number of alkyl halides is 3. The number of hydrogen-bond acceptors (Lipinski definition) is 10. The lowest BCUT2D eigenvalue weighted by Gasteiger charge is -2.36. The van der Waals surface area contributed by atoms with Gasteiger partial charge in [-0.25, -0.2) is 10.8 Å². The van der Waals surface area contributed by atoms with Crippen LogP contribution in [0.4, 0.5) is 35.4 Å². The molecule has 6 N–H and O–H groups in total. The molecule has 0 bridgehead atoms. The van der Waals surface area contributed by atoms with Gasteiger partial charge in [0.1, 0.15) is 0 Å². The van der Waals surface area contributed by atoms with E-state index in [0.717, 1.165) is 24.2 Å². The fourth-order valence-corrected chi connectivity index (χ4v) is 5.21. The van der Waals surface area contributed by atoms with Crippen molar-refractivity contribution in [2.24, 2.45) is 11.6 Å². The van der Waals surface area contributed by atoms with Gasteiger partial charge in [0.05, 0.1) is 28.4 Å². The second-order valence-corrected chi connectivity index (χ2v) is 10.8. The Balaban J connectivity index is 1.54. The molecule has 3 aromatic rings. The van der Waals surface area contributed by atoms with Crippen LogP contribution < -0.4 is 32.1 Å². The molecule has 42 heavy (non-hydrogen) atoms. The third-order valence-corrected chi connectivity index (χ3v) is 7.95. The van der Waals surface area contributed by atoms with Crippen molar-refractivity contribution in [3.63, 3.8) is 0 Å². The minimum atomic E-state index is -4.58. The maximum absolute atomic E-state index is 13.8. The molecule has 0 aliphatic carbocycles. The summed E-state index contributed by atoms with van der Waals surface area (Å²) >= 11 is 1.36. The lowest BCUT2D eigenvalue weighted by atomic mass is 10.1. The number of nitrogens with two attached hydrogens (primary N) is 2. The molecule has 0 atom stereocenters. The van der Waals surface area contributed by atoms with E-state index >= 15 is 0 Å². The highest BCUT2D eigenvalue weighted by molar-refractivity contribution is 7.16. The number of aromatic nitrogens is 1. The van der Waals surface area contributed by atoms with Crippen molar-refractivity contribution >= 4 is 45.1 Å². The zero-order valence-corrected chi connectivity index (χ0v) is 24.5. The molecule has 14 heteroatoms. The Morgan fingerprint density at radius 3 is 2.57 bits per heavy atom. The highest BCUT2D eigenvalue weighted by Gasteiger charge is 2.32. The first-order valence-electron chi connectivity index (χ1n) is 13.2. The van der Waals surface area contributed by atoms with Gasteiger partial charge in [-0.3, -0.25) is 14.7 Å². The molecule has 1 fully saturated rings. The van der Waals surface area contributed by atoms with Crippen molar-refractivity contribution in [1.29, 1.82) is 0 Å². The Hall–Kier alpha value is -3.85. The predicted octanol–water partition coefficient (Wildman–Crippen LogP) is 4.17. The topological polar surface area (TPSA) is 125 Å². The van der Waals surface area contributed by atoms with Gasteiger partial charge in [0, 0.05) is 76.2 Å². The van der Waals surface area contributed by atoms with E-state index in [2.05, 4.69) is 20.5 Å². The second-order valence-electron chi connectivity index (χ2n) is 9.81. The van der Waals surface area contributed by atoms with Crippen LogP contribution in [0.25, 0.3) is 5.70 Å². The molecule has 1 saturated heterocycles. The maximum atomic E-state index is 13.8. The van der Waals surface area contributed by atoms with Gasteiger partial charge in [-0.1, -0.05) is 17.4 Å². The molecular formula is C28H35F3N8O2S. The highest BCUT2D eigenvalue weighted by atomic mass is 32.1. The van der Waals surface area contributed by atoms with E-state index < -0.39 is 17.6 Å². The summed E-state index contributed by atoms with van der Waals surface area (Å²) in [6.45, 7) is 5.68. The Morgan fingerprint density at radius 2 is 1.93 bits per heavy atom. The van der Waals surface area contributed by atoms with E-state index in [9.17, 15) is 18.0 Å². The molecule has 0 saturated carbocycles. The third kappa shape index (κ3) is 7.70. The first-order chi connectivity index (χ1) is 20.0. The van der Waals surface area contributed by atoms with E-state index in [0.29, 0.717) is 59.9 Å². The van der Waals surface area contributed by atoms with Crippen LogP contribution in [-0.2, 0) is 10.9 Å². The lowest BCUT2D eigenvalue weighted by Crippen LogP contribution is -2.47. The van der Waals surface area contributed by atoms with Crippen molar-refractivity contribution < 1.29 is 22.7 Å². The summed E-state index contributed by atoms with van der Waals surface area (Å²) in [5.41, 5.74) is 7.68. The van der Waals surface area contributed by atoms with E-state index in [1.807, 2.05) is 11.8 Å². The van der Waals surface area contributed by atoms with Crippen molar-refractivity contribution in [1.82, 2.24) is 9.88 Å². The van der Waals surface area contributed by atoms with Gasteiger partial charge in [-0.2, -0.15) is 13.2 Å². The van der Waals surface area contributed by atoms with Gasteiger partial charge < -0.3 is 26.0 Å². The van der Waals surface area contributed by atoms with Gasteiger partial charge in [-0.05, 0) is 42.8 Å². The van der Waals surface area contributed by atoms with Gasteiger partial charge in [0.15, 0.2) is 5.13 Å². The molecule has 0 unspecified atom stereocenters. The number of amides is 1. The monoisotopic (exact) mass is 604 g/mol. The van der Waals surface area contributed by atoms with Crippen LogP contribution in [0, 0.1) is 6.92 Å². The van der Waals surface area contributed by atoms with Crippen LogP contribution >= 0.6 is 11.3 Å². The van der Waals surface area contributed by atoms with E-state index in [1.54, 1.807) is 44.6 Å². The number of nitrogens with zero attached hydrogens (tertiary/aromatic N) is 4. The number of carbonyl (C=O) groups excluding carboxylic acids is 1. The average molecular weight is 605 g/mol. The molecular weight excluding hydrogens is 569 g/mol. The highest BCUT2D eigenvalue weighted by Crippen LogP contribution is 2.35. The maximum Gasteiger partial charge on any atom is 0.416 e. The number of piperazine rings is 1. The van der Waals surface area contributed by atoms with Crippen molar-refractivity contribution in [3.8, 4) is 0 Å². The van der Waals surface area contributed by atoms with E-state index in [1.165, 1.54) is 22.5 Å². The molecule has 0 spiro atoms. The number of nitrogens with one attached hydrogen (secondary N) is 2.